The summed E-state index contributed by atoms with van der Waals surface area (Å²) in [5.41, 5.74) is 1.37. The molecule has 78 valence electrons. The second kappa shape index (κ2) is 4.80. The van der Waals surface area contributed by atoms with Crippen molar-refractivity contribution in [1.82, 2.24) is 5.32 Å². The first-order valence-corrected chi connectivity index (χ1v) is 6.25. The average Bonchev–Trinajstić information content (AvgIpc) is 2.63. The van der Waals surface area contributed by atoms with Crippen molar-refractivity contribution in [2.75, 3.05) is 18.4 Å². The smallest absolute Gasteiger partial charge is 0.0912 e. The van der Waals surface area contributed by atoms with E-state index in [2.05, 4.69) is 29.0 Å². The molecule has 14 heavy (non-hydrogen) atoms. The summed E-state index contributed by atoms with van der Waals surface area (Å²) < 4.78 is 0. The van der Waals surface area contributed by atoms with Gasteiger partial charge in [0.05, 0.1) is 5.00 Å². The molecule has 1 aromatic rings. The fraction of sp³-hybridized carbons (Fsp3) is 0.636. The Morgan fingerprint density at radius 3 is 3.14 bits per heavy atom. The maximum absolute atomic E-state index is 3.54. The normalized spacial score (nSPS) is 22.2. The van der Waals surface area contributed by atoms with Crippen LogP contribution in [-0.2, 0) is 0 Å². The highest BCUT2D eigenvalue weighted by molar-refractivity contribution is 7.14. The minimum Gasteiger partial charge on any atom is -0.375 e. The number of thiophene rings is 1. The third-order valence-corrected chi connectivity index (χ3v) is 3.76. The zero-order chi connectivity index (χ0) is 9.80. The Balaban J connectivity index is 1.79. The van der Waals surface area contributed by atoms with Crippen LogP contribution in [0.4, 0.5) is 5.00 Å². The topological polar surface area (TPSA) is 24.1 Å². The quantitative estimate of drug-likeness (QED) is 0.801. The second-order valence-corrected chi connectivity index (χ2v) is 4.88. The van der Waals surface area contributed by atoms with Gasteiger partial charge < -0.3 is 10.6 Å². The predicted molar refractivity (Wildman–Crippen MR) is 63.2 cm³/mol. The molecule has 1 fully saturated rings. The van der Waals surface area contributed by atoms with Gasteiger partial charge in [-0.15, -0.1) is 11.3 Å². The van der Waals surface area contributed by atoms with Crippen molar-refractivity contribution in [2.24, 2.45) is 0 Å². The average molecular weight is 210 g/mol. The van der Waals surface area contributed by atoms with E-state index in [0.717, 1.165) is 6.54 Å². The molecular formula is C11H18N2S. The highest BCUT2D eigenvalue weighted by Gasteiger charge is 2.12. The van der Waals surface area contributed by atoms with E-state index in [9.17, 15) is 0 Å². The van der Waals surface area contributed by atoms with Crippen molar-refractivity contribution in [2.45, 2.75) is 32.2 Å². The van der Waals surface area contributed by atoms with Crippen LogP contribution in [0.1, 0.15) is 24.8 Å². The lowest BCUT2D eigenvalue weighted by Crippen LogP contribution is -2.39. The number of hydrogen-bond acceptors (Lipinski definition) is 3. The molecule has 1 aliphatic rings. The van der Waals surface area contributed by atoms with E-state index in [1.165, 1.54) is 36.4 Å². The van der Waals surface area contributed by atoms with Gasteiger partial charge >= 0.3 is 0 Å². The highest BCUT2D eigenvalue weighted by Crippen LogP contribution is 2.22. The molecule has 0 saturated carbocycles. The van der Waals surface area contributed by atoms with Crippen LogP contribution in [0, 0.1) is 6.92 Å². The molecule has 0 spiro atoms. The molecule has 0 aromatic carbocycles. The Labute approximate surface area is 89.7 Å². The van der Waals surface area contributed by atoms with Crippen LogP contribution in [0.5, 0.6) is 0 Å². The van der Waals surface area contributed by atoms with E-state index in [4.69, 9.17) is 0 Å². The minimum absolute atomic E-state index is 0.672. The van der Waals surface area contributed by atoms with E-state index in [1.807, 2.05) is 0 Å². The van der Waals surface area contributed by atoms with Crippen LogP contribution in [0.15, 0.2) is 11.4 Å². The van der Waals surface area contributed by atoms with Crippen molar-refractivity contribution in [3.8, 4) is 0 Å². The van der Waals surface area contributed by atoms with E-state index in [-0.39, 0.29) is 0 Å². The molecule has 0 aliphatic carbocycles. The number of anilines is 1. The standard InChI is InChI=1S/C11H18N2S/c1-9-5-7-14-11(9)13-8-10-4-2-3-6-12-10/h5,7,10,12-13H,2-4,6,8H2,1H3. The number of hydrogen-bond donors (Lipinski definition) is 2. The van der Waals surface area contributed by atoms with Crippen molar-refractivity contribution in [3.63, 3.8) is 0 Å². The van der Waals surface area contributed by atoms with Gasteiger partial charge in [-0.2, -0.15) is 0 Å². The number of piperidine rings is 1. The summed E-state index contributed by atoms with van der Waals surface area (Å²) in [7, 11) is 0. The molecule has 2 N–H and O–H groups in total. The van der Waals surface area contributed by atoms with Gasteiger partial charge in [0, 0.05) is 12.6 Å². The molecule has 1 saturated heterocycles. The Morgan fingerprint density at radius 1 is 1.57 bits per heavy atom. The van der Waals surface area contributed by atoms with Gasteiger partial charge in [-0.25, -0.2) is 0 Å². The Morgan fingerprint density at radius 2 is 2.50 bits per heavy atom. The number of aryl methyl sites for hydroxylation is 1. The van der Waals surface area contributed by atoms with E-state index in [1.54, 1.807) is 11.3 Å². The zero-order valence-corrected chi connectivity index (χ0v) is 9.49. The number of nitrogens with one attached hydrogen (secondary N) is 2. The molecular weight excluding hydrogens is 192 g/mol. The lowest BCUT2D eigenvalue weighted by atomic mass is 10.1. The zero-order valence-electron chi connectivity index (χ0n) is 8.68. The lowest BCUT2D eigenvalue weighted by molar-refractivity contribution is 0.414. The summed E-state index contributed by atoms with van der Waals surface area (Å²) in [6.45, 7) is 4.42. The Bertz CT molecular complexity index is 277. The van der Waals surface area contributed by atoms with Gasteiger partial charge in [-0.1, -0.05) is 6.42 Å². The molecule has 2 nitrogen and oxygen atoms in total. The largest absolute Gasteiger partial charge is 0.375 e. The number of rotatable bonds is 3. The minimum atomic E-state index is 0.672. The second-order valence-electron chi connectivity index (χ2n) is 3.96. The van der Waals surface area contributed by atoms with Crippen LogP contribution in [0.2, 0.25) is 0 Å². The van der Waals surface area contributed by atoms with Crippen LogP contribution in [0.25, 0.3) is 0 Å². The Hall–Kier alpha value is -0.540. The molecule has 0 bridgehead atoms. The summed E-state index contributed by atoms with van der Waals surface area (Å²) in [6, 6.07) is 2.84. The summed E-state index contributed by atoms with van der Waals surface area (Å²) in [5, 5.41) is 10.5. The fourth-order valence-corrected chi connectivity index (χ4v) is 2.70. The van der Waals surface area contributed by atoms with E-state index < -0.39 is 0 Å². The van der Waals surface area contributed by atoms with Gasteiger partial charge in [0.1, 0.15) is 0 Å². The van der Waals surface area contributed by atoms with Crippen LogP contribution >= 0.6 is 11.3 Å². The fourth-order valence-electron chi connectivity index (χ4n) is 1.87. The molecule has 1 unspecified atom stereocenters. The molecule has 1 atom stereocenters. The van der Waals surface area contributed by atoms with Gasteiger partial charge in [-0.3, -0.25) is 0 Å². The molecule has 0 radical (unpaired) electrons. The van der Waals surface area contributed by atoms with Gasteiger partial charge in [-0.05, 0) is 43.3 Å². The maximum atomic E-state index is 3.54. The first-order valence-electron chi connectivity index (χ1n) is 5.37. The van der Waals surface area contributed by atoms with E-state index in [0.29, 0.717) is 6.04 Å². The third kappa shape index (κ3) is 2.49. The maximum Gasteiger partial charge on any atom is 0.0912 e. The van der Waals surface area contributed by atoms with Crippen molar-refractivity contribution >= 4 is 16.3 Å². The van der Waals surface area contributed by atoms with Crippen LogP contribution in [-0.4, -0.2) is 19.1 Å². The Kier molecular flexibility index (Phi) is 3.43. The molecule has 0 amide bonds. The molecule has 3 heteroatoms. The van der Waals surface area contributed by atoms with Crippen molar-refractivity contribution < 1.29 is 0 Å². The summed E-state index contributed by atoms with van der Waals surface area (Å²) in [5.74, 6) is 0. The lowest BCUT2D eigenvalue weighted by Gasteiger charge is -2.23. The first-order chi connectivity index (χ1) is 6.86. The van der Waals surface area contributed by atoms with Gasteiger partial charge in [0.15, 0.2) is 0 Å². The predicted octanol–water partition coefficient (Wildman–Crippen LogP) is 2.61. The summed E-state index contributed by atoms with van der Waals surface area (Å²) in [6.07, 6.45) is 4.04. The highest BCUT2D eigenvalue weighted by atomic mass is 32.1. The van der Waals surface area contributed by atoms with Crippen molar-refractivity contribution in [1.29, 1.82) is 0 Å². The molecule has 1 aromatic heterocycles. The molecule has 1 aliphatic heterocycles. The summed E-state index contributed by atoms with van der Waals surface area (Å²) >= 11 is 1.80. The summed E-state index contributed by atoms with van der Waals surface area (Å²) in [4.78, 5) is 0. The third-order valence-electron chi connectivity index (χ3n) is 2.78. The van der Waals surface area contributed by atoms with Crippen LogP contribution in [0.3, 0.4) is 0 Å². The van der Waals surface area contributed by atoms with Gasteiger partial charge in [0.25, 0.3) is 0 Å². The SMILES string of the molecule is Cc1ccsc1NCC1CCCCN1. The first kappa shape index (κ1) is 9.99. The monoisotopic (exact) mass is 210 g/mol. The van der Waals surface area contributed by atoms with Crippen LogP contribution < -0.4 is 10.6 Å². The van der Waals surface area contributed by atoms with Crippen molar-refractivity contribution in [3.05, 3.63) is 17.0 Å². The van der Waals surface area contributed by atoms with E-state index >= 15 is 0 Å². The molecule has 2 heterocycles. The molecule has 2 rings (SSSR count). The van der Waals surface area contributed by atoms with Gasteiger partial charge in [0.2, 0.25) is 0 Å².